The first-order chi connectivity index (χ1) is 9.36. The number of hydrogen-bond donors (Lipinski definition) is 0. The number of morpholine rings is 1. The lowest BCUT2D eigenvalue weighted by Gasteiger charge is -2.32. The van der Waals surface area contributed by atoms with Gasteiger partial charge in [0.05, 0.1) is 25.0 Å². The summed E-state index contributed by atoms with van der Waals surface area (Å²) in [4.78, 5) is 6.44. The first kappa shape index (κ1) is 11.8. The molecule has 1 aliphatic heterocycles. The van der Waals surface area contributed by atoms with Crippen molar-refractivity contribution in [2.75, 3.05) is 24.6 Å². The highest BCUT2D eigenvalue weighted by atomic mass is 16.5. The second kappa shape index (κ2) is 5.12. The summed E-state index contributed by atoms with van der Waals surface area (Å²) < 4.78 is 11.1. The minimum atomic E-state index is -0.0683. The van der Waals surface area contributed by atoms with Gasteiger partial charge in [0.2, 0.25) is 0 Å². The summed E-state index contributed by atoms with van der Waals surface area (Å²) in [5.41, 5.74) is 0.569. The van der Waals surface area contributed by atoms with Crippen LogP contribution in [0.4, 0.5) is 5.82 Å². The number of rotatable bonds is 2. The smallest absolute Gasteiger partial charge is 0.134 e. The first-order valence-corrected chi connectivity index (χ1v) is 6.13. The van der Waals surface area contributed by atoms with Crippen LogP contribution in [-0.2, 0) is 4.74 Å². The quantitative estimate of drug-likeness (QED) is 0.822. The largest absolute Gasteiger partial charge is 0.467 e. The number of ether oxygens (including phenoxy) is 1. The Morgan fingerprint density at radius 3 is 3.00 bits per heavy atom. The summed E-state index contributed by atoms with van der Waals surface area (Å²) in [5.74, 6) is 1.69. The zero-order valence-electron chi connectivity index (χ0n) is 10.3. The van der Waals surface area contributed by atoms with Gasteiger partial charge in [-0.15, -0.1) is 0 Å². The molecular formula is C14H13N3O2. The van der Waals surface area contributed by atoms with Gasteiger partial charge >= 0.3 is 0 Å². The maximum absolute atomic E-state index is 8.77. The van der Waals surface area contributed by atoms with Gasteiger partial charge in [-0.3, -0.25) is 0 Å². The number of hydrogen-bond acceptors (Lipinski definition) is 5. The third-order valence-corrected chi connectivity index (χ3v) is 3.13. The number of aromatic nitrogens is 1. The number of nitriles is 1. The van der Waals surface area contributed by atoms with E-state index in [4.69, 9.17) is 14.4 Å². The van der Waals surface area contributed by atoms with Gasteiger partial charge in [-0.1, -0.05) is 0 Å². The first-order valence-electron chi connectivity index (χ1n) is 6.13. The predicted molar refractivity (Wildman–Crippen MR) is 68.6 cm³/mol. The average molecular weight is 255 g/mol. The van der Waals surface area contributed by atoms with Crippen molar-refractivity contribution in [2.24, 2.45) is 0 Å². The van der Waals surface area contributed by atoms with Gasteiger partial charge in [0.25, 0.3) is 0 Å². The van der Waals surface area contributed by atoms with Crippen LogP contribution in [0, 0.1) is 11.3 Å². The second-order valence-corrected chi connectivity index (χ2v) is 4.34. The summed E-state index contributed by atoms with van der Waals surface area (Å²) >= 11 is 0. The van der Waals surface area contributed by atoms with E-state index >= 15 is 0 Å². The Hall–Kier alpha value is -2.32. The molecule has 2 aromatic heterocycles. The van der Waals surface area contributed by atoms with Crippen LogP contribution in [-0.4, -0.2) is 24.7 Å². The Labute approximate surface area is 111 Å². The maximum atomic E-state index is 8.77. The summed E-state index contributed by atoms with van der Waals surface area (Å²) in [6.45, 7) is 2.12. The van der Waals surface area contributed by atoms with E-state index in [1.54, 1.807) is 18.5 Å². The van der Waals surface area contributed by atoms with Crippen molar-refractivity contribution in [1.29, 1.82) is 5.26 Å². The molecular weight excluding hydrogens is 242 g/mol. The van der Waals surface area contributed by atoms with Crippen molar-refractivity contribution in [1.82, 2.24) is 4.98 Å². The van der Waals surface area contributed by atoms with Crippen molar-refractivity contribution in [2.45, 2.75) is 6.10 Å². The molecule has 0 spiro atoms. The molecule has 3 rings (SSSR count). The van der Waals surface area contributed by atoms with Crippen molar-refractivity contribution in [3.05, 3.63) is 48.0 Å². The van der Waals surface area contributed by atoms with Crippen molar-refractivity contribution in [3.63, 3.8) is 0 Å². The van der Waals surface area contributed by atoms with Gasteiger partial charge < -0.3 is 14.1 Å². The highest BCUT2D eigenvalue weighted by Crippen LogP contribution is 2.25. The van der Waals surface area contributed by atoms with Crippen LogP contribution in [0.3, 0.4) is 0 Å². The zero-order valence-corrected chi connectivity index (χ0v) is 10.3. The van der Waals surface area contributed by atoms with Crippen LogP contribution in [0.25, 0.3) is 0 Å². The number of nitrogens with zero attached hydrogens (tertiary/aromatic N) is 3. The lowest BCUT2D eigenvalue weighted by molar-refractivity contribution is 0.0255. The zero-order chi connectivity index (χ0) is 13.1. The third-order valence-electron chi connectivity index (χ3n) is 3.13. The van der Waals surface area contributed by atoms with Gasteiger partial charge in [0, 0.05) is 12.7 Å². The Bertz CT molecular complexity index is 572. The fourth-order valence-corrected chi connectivity index (χ4v) is 2.14. The Kier molecular flexibility index (Phi) is 3.17. The third kappa shape index (κ3) is 2.44. The molecule has 0 amide bonds. The van der Waals surface area contributed by atoms with Crippen molar-refractivity contribution >= 4 is 5.82 Å². The number of anilines is 1. The summed E-state index contributed by atoms with van der Waals surface area (Å²) in [7, 11) is 0. The van der Waals surface area contributed by atoms with Gasteiger partial charge in [-0.2, -0.15) is 5.26 Å². The standard InChI is InChI=1S/C14H13N3O2/c15-8-11-3-4-14(16-9-11)17-5-7-19-13(10-17)12-2-1-6-18-12/h1-4,6,9,13H,5,7,10H2. The molecule has 3 heterocycles. The summed E-state index contributed by atoms with van der Waals surface area (Å²) in [6, 6.07) is 9.48. The van der Waals surface area contributed by atoms with E-state index in [0.717, 1.165) is 18.1 Å². The van der Waals surface area contributed by atoms with E-state index in [0.29, 0.717) is 18.7 Å². The summed E-state index contributed by atoms with van der Waals surface area (Å²) in [6.07, 6.45) is 3.17. The molecule has 5 heteroatoms. The number of pyridine rings is 1. The topological polar surface area (TPSA) is 62.3 Å². The maximum Gasteiger partial charge on any atom is 0.134 e. The highest BCUT2D eigenvalue weighted by molar-refractivity contribution is 5.42. The van der Waals surface area contributed by atoms with Gasteiger partial charge in [0.15, 0.2) is 0 Å². The molecule has 0 N–H and O–H groups in total. The van der Waals surface area contributed by atoms with Gasteiger partial charge in [0.1, 0.15) is 23.8 Å². The molecule has 1 aliphatic rings. The van der Waals surface area contributed by atoms with Crippen LogP contribution in [0.1, 0.15) is 17.4 Å². The fraction of sp³-hybridized carbons (Fsp3) is 0.286. The fourth-order valence-electron chi connectivity index (χ4n) is 2.14. The monoisotopic (exact) mass is 255 g/mol. The lowest BCUT2D eigenvalue weighted by Crippen LogP contribution is -2.38. The van der Waals surface area contributed by atoms with Crippen LogP contribution >= 0.6 is 0 Å². The van der Waals surface area contributed by atoms with Gasteiger partial charge in [-0.25, -0.2) is 4.98 Å². The molecule has 1 atom stereocenters. The molecule has 1 saturated heterocycles. The van der Waals surface area contributed by atoms with Crippen LogP contribution in [0.15, 0.2) is 41.1 Å². The van der Waals surface area contributed by atoms with E-state index < -0.39 is 0 Å². The van der Waals surface area contributed by atoms with Crippen molar-refractivity contribution in [3.8, 4) is 6.07 Å². The lowest BCUT2D eigenvalue weighted by atomic mass is 10.2. The minimum Gasteiger partial charge on any atom is -0.467 e. The Balaban J connectivity index is 1.76. The molecule has 0 aromatic carbocycles. The van der Waals surface area contributed by atoms with E-state index in [1.165, 1.54) is 0 Å². The van der Waals surface area contributed by atoms with E-state index in [9.17, 15) is 0 Å². The normalized spacial score (nSPS) is 19.1. The molecule has 2 aromatic rings. The molecule has 1 unspecified atom stereocenters. The van der Waals surface area contributed by atoms with Gasteiger partial charge in [-0.05, 0) is 24.3 Å². The Morgan fingerprint density at radius 2 is 2.32 bits per heavy atom. The number of furan rings is 1. The molecule has 0 radical (unpaired) electrons. The van der Waals surface area contributed by atoms with E-state index in [1.807, 2.05) is 18.2 Å². The highest BCUT2D eigenvalue weighted by Gasteiger charge is 2.24. The van der Waals surface area contributed by atoms with E-state index in [-0.39, 0.29) is 6.10 Å². The van der Waals surface area contributed by atoms with Crippen LogP contribution in [0.2, 0.25) is 0 Å². The molecule has 0 aliphatic carbocycles. The molecule has 1 fully saturated rings. The molecule has 0 bridgehead atoms. The predicted octanol–water partition coefficient (Wildman–Crippen LogP) is 2.12. The summed E-state index contributed by atoms with van der Waals surface area (Å²) in [5, 5.41) is 8.77. The van der Waals surface area contributed by atoms with Crippen molar-refractivity contribution < 1.29 is 9.15 Å². The second-order valence-electron chi connectivity index (χ2n) is 4.34. The molecule has 96 valence electrons. The molecule has 19 heavy (non-hydrogen) atoms. The molecule has 0 saturated carbocycles. The Morgan fingerprint density at radius 1 is 1.37 bits per heavy atom. The average Bonchev–Trinajstić information content (AvgIpc) is 3.02. The SMILES string of the molecule is N#Cc1ccc(N2CCOC(c3ccco3)C2)nc1. The van der Waals surface area contributed by atoms with Crippen LogP contribution < -0.4 is 4.90 Å². The minimum absolute atomic E-state index is 0.0683. The molecule has 5 nitrogen and oxygen atoms in total. The van der Waals surface area contributed by atoms with E-state index in [2.05, 4.69) is 16.0 Å². The van der Waals surface area contributed by atoms with Crippen LogP contribution in [0.5, 0.6) is 0 Å².